The molecule has 2 heterocycles. The first-order valence-corrected chi connectivity index (χ1v) is 12.0. The Balaban J connectivity index is 1.78. The van der Waals surface area contributed by atoms with E-state index in [2.05, 4.69) is 15.3 Å². The van der Waals surface area contributed by atoms with Gasteiger partial charge in [0.25, 0.3) is 5.91 Å². The van der Waals surface area contributed by atoms with Crippen LogP contribution >= 0.6 is 22.7 Å². The van der Waals surface area contributed by atoms with Crippen molar-refractivity contribution in [2.45, 2.75) is 13.5 Å². The average Bonchev–Trinajstić information content (AvgIpc) is 3.26. The first-order valence-electron chi connectivity index (χ1n) is 8.46. The number of aromatic nitrogens is 2. The fourth-order valence-electron chi connectivity index (χ4n) is 2.59. The van der Waals surface area contributed by atoms with Gasteiger partial charge in [0.2, 0.25) is 5.91 Å². The monoisotopic (exact) mass is 454 g/mol. The third-order valence-corrected chi connectivity index (χ3v) is 6.92. The second kappa shape index (κ2) is 8.84. The molecule has 0 aliphatic heterocycles. The molecular weight excluding hydrogens is 436 g/mol. The number of amides is 2. The van der Waals surface area contributed by atoms with Crippen molar-refractivity contribution >= 4 is 59.7 Å². The van der Waals surface area contributed by atoms with Gasteiger partial charge in [0.15, 0.2) is 19.8 Å². The van der Waals surface area contributed by atoms with Gasteiger partial charge in [-0.3, -0.25) is 9.59 Å². The van der Waals surface area contributed by atoms with Crippen LogP contribution in [0.2, 0.25) is 0 Å². The van der Waals surface area contributed by atoms with E-state index in [4.69, 9.17) is 4.74 Å². The van der Waals surface area contributed by atoms with E-state index in [1.807, 2.05) is 23.6 Å². The van der Waals surface area contributed by atoms with E-state index in [1.165, 1.54) is 28.9 Å². The van der Waals surface area contributed by atoms with E-state index in [-0.39, 0.29) is 0 Å². The van der Waals surface area contributed by atoms with Crippen LogP contribution in [0.15, 0.2) is 34.8 Å². The maximum absolute atomic E-state index is 12.3. The van der Waals surface area contributed by atoms with Gasteiger partial charge in [-0.05, 0) is 25.1 Å². The normalized spacial score (nSPS) is 12.3. The van der Waals surface area contributed by atoms with Crippen molar-refractivity contribution in [2.24, 2.45) is 4.99 Å². The summed E-state index contributed by atoms with van der Waals surface area (Å²) >= 11 is 2.43. The van der Waals surface area contributed by atoms with Crippen molar-refractivity contribution in [1.82, 2.24) is 9.55 Å². The third-order valence-electron chi connectivity index (χ3n) is 3.80. The summed E-state index contributed by atoms with van der Waals surface area (Å²) < 4.78 is 32.3. The van der Waals surface area contributed by atoms with Gasteiger partial charge < -0.3 is 14.6 Å². The Hall–Kier alpha value is -2.57. The molecular formula is C17H18N4O5S3. The number of thiazole rings is 2. The molecule has 3 rings (SSSR count). The van der Waals surface area contributed by atoms with Crippen molar-refractivity contribution in [3.05, 3.63) is 34.6 Å². The predicted octanol–water partition coefficient (Wildman–Crippen LogP) is 1.67. The molecule has 3 aromatic rings. The Labute approximate surface area is 174 Å². The number of hydrogen-bond acceptors (Lipinski definition) is 8. The lowest BCUT2D eigenvalue weighted by Gasteiger charge is -2.03. The van der Waals surface area contributed by atoms with E-state index in [0.717, 1.165) is 10.2 Å². The van der Waals surface area contributed by atoms with E-state index in [0.29, 0.717) is 22.2 Å². The predicted molar refractivity (Wildman–Crippen MR) is 112 cm³/mol. The number of sulfone groups is 1. The van der Waals surface area contributed by atoms with Gasteiger partial charge in [-0.2, -0.15) is 4.99 Å². The molecule has 12 heteroatoms. The molecule has 29 heavy (non-hydrogen) atoms. The zero-order valence-corrected chi connectivity index (χ0v) is 18.1. The molecule has 0 unspecified atom stereocenters. The lowest BCUT2D eigenvalue weighted by Crippen LogP contribution is -2.28. The number of carbonyl (C=O) groups excluding carboxylic acids is 2. The molecule has 0 spiro atoms. The van der Waals surface area contributed by atoms with Gasteiger partial charge in [0.05, 0.1) is 17.3 Å². The number of nitrogens with one attached hydrogen (secondary N) is 1. The number of fused-ring (bicyclic) bond motifs is 1. The number of nitrogens with zero attached hydrogens (tertiary/aromatic N) is 3. The Kier molecular flexibility index (Phi) is 6.45. The first-order chi connectivity index (χ1) is 13.8. The minimum Gasteiger partial charge on any atom is -0.497 e. The van der Waals surface area contributed by atoms with Gasteiger partial charge in [-0.1, -0.05) is 11.3 Å². The number of hydrogen-bond donors (Lipinski definition) is 1. The van der Waals surface area contributed by atoms with Crippen LogP contribution in [0.4, 0.5) is 5.13 Å². The quantitative estimate of drug-likeness (QED) is 0.580. The molecule has 1 N–H and O–H groups in total. The van der Waals surface area contributed by atoms with Crippen LogP contribution in [0.1, 0.15) is 6.92 Å². The summed E-state index contributed by atoms with van der Waals surface area (Å²) in [4.78, 5) is 32.4. The molecule has 0 aliphatic carbocycles. The number of methoxy groups -OCH3 is 1. The van der Waals surface area contributed by atoms with Crippen LogP contribution in [0.5, 0.6) is 5.75 Å². The number of aryl methyl sites for hydroxylation is 1. The Morgan fingerprint density at radius 3 is 2.76 bits per heavy atom. The Bertz CT molecular complexity index is 1210. The van der Waals surface area contributed by atoms with Crippen LogP contribution in [-0.4, -0.2) is 48.4 Å². The molecule has 0 bridgehead atoms. The molecule has 154 valence electrons. The van der Waals surface area contributed by atoms with Gasteiger partial charge in [0, 0.05) is 18.1 Å². The molecule has 0 aliphatic rings. The van der Waals surface area contributed by atoms with Crippen LogP contribution in [0, 0.1) is 0 Å². The summed E-state index contributed by atoms with van der Waals surface area (Å²) in [6.07, 6.45) is 1.49. The highest BCUT2D eigenvalue weighted by Gasteiger charge is 2.21. The molecule has 0 radical (unpaired) electrons. The standard InChI is InChI=1S/C17H18N4O5S3/c1-3-21-12-5-4-11(26-2)8-13(12)28-17(21)20-15(23)10-29(24,25)9-14(22)19-16-18-6-7-27-16/h4-8H,3,9-10H2,1-2H3,(H,18,19,22). The summed E-state index contributed by atoms with van der Waals surface area (Å²) in [5.41, 5.74) is 0.871. The first kappa shape index (κ1) is 21.1. The third kappa shape index (κ3) is 5.28. The van der Waals surface area contributed by atoms with Gasteiger partial charge in [-0.25, -0.2) is 13.4 Å². The van der Waals surface area contributed by atoms with E-state index >= 15 is 0 Å². The Morgan fingerprint density at radius 2 is 2.10 bits per heavy atom. The molecule has 0 saturated carbocycles. The summed E-state index contributed by atoms with van der Waals surface area (Å²) in [7, 11) is -2.40. The van der Waals surface area contributed by atoms with Crippen molar-refractivity contribution in [2.75, 3.05) is 23.9 Å². The second-order valence-corrected chi connectivity index (χ2v) is 9.85. The summed E-state index contributed by atoms with van der Waals surface area (Å²) in [6.45, 7) is 2.46. The molecule has 2 amide bonds. The molecule has 9 nitrogen and oxygen atoms in total. The van der Waals surface area contributed by atoms with Crippen molar-refractivity contribution in [1.29, 1.82) is 0 Å². The average molecular weight is 455 g/mol. The zero-order chi connectivity index (χ0) is 21.0. The van der Waals surface area contributed by atoms with E-state index in [9.17, 15) is 18.0 Å². The van der Waals surface area contributed by atoms with Crippen molar-refractivity contribution < 1.29 is 22.7 Å². The Morgan fingerprint density at radius 1 is 1.31 bits per heavy atom. The van der Waals surface area contributed by atoms with Crippen LogP contribution in [0.25, 0.3) is 10.2 Å². The fraction of sp³-hybridized carbons (Fsp3) is 0.294. The summed E-state index contributed by atoms with van der Waals surface area (Å²) in [5.74, 6) is -2.56. The van der Waals surface area contributed by atoms with E-state index < -0.39 is 33.2 Å². The minimum atomic E-state index is -3.97. The van der Waals surface area contributed by atoms with Crippen molar-refractivity contribution in [3.8, 4) is 5.75 Å². The zero-order valence-electron chi connectivity index (χ0n) is 15.6. The fourth-order valence-corrected chi connectivity index (χ4v) is 5.29. The van der Waals surface area contributed by atoms with Crippen LogP contribution in [0.3, 0.4) is 0 Å². The summed E-state index contributed by atoms with van der Waals surface area (Å²) in [5, 5.41) is 4.33. The smallest absolute Gasteiger partial charge is 0.263 e. The highest BCUT2D eigenvalue weighted by Crippen LogP contribution is 2.23. The number of carbonyl (C=O) groups is 2. The highest BCUT2D eigenvalue weighted by molar-refractivity contribution is 7.92. The van der Waals surface area contributed by atoms with Gasteiger partial charge in [-0.15, -0.1) is 11.3 Å². The maximum atomic E-state index is 12.3. The largest absolute Gasteiger partial charge is 0.497 e. The minimum absolute atomic E-state index is 0.297. The number of benzene rings is 1. The molecule has 0 saturated heterocycles. The number of rotatable bonds is 7. The van der Waals surface area contributed by atoms with Gasteiger partial charge >= 0.3 is 0 Å². The lowest BCUT2D eigenvalue weighted by atomic mass is 10.3. The SMILES string of the molecule is CCn1c(=NC(=O)CS(=O)(=O)CC(=O)Nc2nccs2)sc2cc(OC)ccc21. The highest BCUT2D eigenvalue weighted by atomic mass is 32.2. The van der Waals surface area contributed by atoms with Crippen LogP contribution < -0.4 is 14.9 Å². The second-order valence-electron chi connectivity index (χ2n) is 5.89. The number of anilines is 1. The molecule has 0 fully saturated rings. The van der Waals surface area contributed by atoms with Crippen LogP contribution in [-0.2, 0) is 26.0 Å². The van der Waals surface area contributed by atoms with Crippen molar-refractivity contribution in [3.63, 3.8) is 0 Å². The summed E-state index contributed by atoms with van der Waals surface area (Å²) in [6, 6.07) is 5.49. The molecule has 2 aromatic heterocycles. The molecule has 1 aromatic carbocycles. The topological polar surface area (TPSA) is 120 Å². The van der Waals surface area contributed by atoms with E-state index in [1.54, 1.807) is 18.6 Å². The molecule has 0 atom stereocenters. The number of ether oxygens (including phenoxy) is 1. The maximum Gasteiger partial charge on any atom is 0.263 e. The van der Waals surface area contributed by atoms with Gasteiger partial charge in [0.1, 0.15) is 17.3 Å². The lowest BCUT2D eigenvalue weighted by molar-refractivity contribution is -0.115.